The first kappa shape index (κ1) is 14.4. The van der Waals surface area contributed by atoms with E-state index in [0.29, 0.717) is 5.02 Å². The number of halogens is 1. The van der Waals surface area contributed by atoms with Crippen molar-refractivity contribution in [3.05, 3.63) is 52.2 Å². The van der Waals surface area contributed by atoms with Crippen LogP contribution < -0.4 is 0 Å². The largest absolute Gasteiger partial charge is 0.320 e. The van der Waals surface area contributed by atoms with Gasteiger partial charge < -0.3 is 4.57 Å². The monoisotopic (exact) mass is 343 g/mol. The summed E-state index contributed by atoms with van der Waals surface area (Å²) in [6.45, 7) is 2.11. The molecule has 0 N–H and O–H groups in total. The summed E-state index contributed by atoms with van der Waals surface area (Å²) in [5, 5.41) is 9.28. The van der Waals surface area contributed by atoms with Gasteiger partial charge in [-0.05, 0) is 19.1 Å². The van der Waals surface area contributed by atoms with Gasteiger partial charge in [-0.25, -0.2) is 9.97 Å². The van der Waals surface area contributed by atoms with Crippen LogP contribution >= 0.6 is 22.9 Å². The standard InChI is InChI=1S/C16H14ClN5S/c1-10(16-19-7-9-23-16)22-8-6-18-15(22)14-13-11(17)4-3-5-12(13)21(2)20-14/h3-10H,1-2H3/t10-/m0/s1. The molecule has 1 atom stereocenters. The highest BCUT2D eigenvalue weighted by molar-refractivity contribution is 7.09. The predicted octanol–water partition coefficient (Wildman–Crippen LogP) is 4.16. The number of imidazole rings is 1. The van der Waals surface area contributed by atoms with Crippen molar-refractivity contribution >= 4 is 33.8 Å². The molecule has 0 saturated carbocycles. The zero-order valence-corrected chi connectivity index (χ0v) is 14.2. The Kier molecular flexibility index (Phi) is 3.43. The molecule has 23 heavy (non-hydrogen) atoms. The minimum Gasteiger partial charge on any atom is -0.320 e. The number of hydrogen-bond acceptors (Lipinski definition) is 4. The summed E-state index contributed by atoms with van der Waals surface area (Å²) in [6, 6.07) is 5.91. The zero-order valence-electron chi connectivity index (χ0n) is 12.6. The number of aryl methyl sites for hydroxylation is 1. The first-order valence-corrected chi connectivity index (χ1v) is 8.46. The lowest BCUT2D eigenvalue weighted by Gasteiger charge is -2.13. The minimum atomic E-state index is 0.0899. The summed E-state index contributed by atoms with van der Waals surface area (Å²) in [5.41, 5.74) is 1.78. The number of aromatic nitrogens is 5. The Hall–Kier alpha value is -2.18. The third-order valence-electron chi connectivity index (χ3n) is 3.93. The number of nitrogens with zero attached hydrogens (tertiary/aromatic N) is 5. The average Bonchev–Trinajstić information content (AvgIpc) is 3.27. The van der Waals surface area contributed by atoms with Gasteiger partial charge in [0.1, 0.15) is 10.7 Å². The molecule has 0 aliphatic rings. The van der Waals surface area contributed by atoms with Crippen LogP contribution in [0.1, 0.15) is 18.0 Å². The van der Waals surface area contributed by atoms with Gasteiger partial charge in [0.2, 0.25) is 0 Å². The summed E-state index contributed by atoms with van der Waals surface area (Å²) in [7, 11) is 1.92. The fourth-order valence-electron chi connectivity index (χ4n) is 2.80. The quantitative estimate of drug-likeness (QED) is 0.561. The lowest BCUT2D eigenvalue weighted by molar-refractivity contribution is 0.638. The zero-order chi connectivity index (χ0) is 16.0. The van der Waals surface area contributed by atoms with E-state index in [1.54, 1.807) is 17.5 Å². The van der Waals surface area contributed by atoms with Crippen LogP contribution in [0.5, 0.6) is 0 Å². The fourth-order valence-corrected chi connectivity index (χ4v) is 3.75. The number of fused-ring (bicyclic) bond motifs is 1. The van der Waals surface area contributed by atoms with Gasteiger partial charge in [-0.15, -0.1) is 11.3 Å². The van der Waals surface area contributed by atoms with E-state index in [0.717, 1.165) is 27.4 Å². The molecule has 116 valence electrons. The van der Waals surface area contributed by atoms with Crippen LogP contribution in [0, 0.1) is 0 Å². The molecule has 3 heterocycles. The molecule has 0 aliphatic carbocycles. The van der Waals surface area contributed by atoms with E-state index >= 15 is 0 Å². The van der Waals surface area contributed by atoms with Crippen LogP contribution in [0.2, 0.25) is 5.02 Å². The molecule has 0 bridgehead atoms. The van der Waals surface area contributed by atoms with Crippen molar-refractivity contribution in [2.24, 2.45) is 7.05 Å². The lowest BCUT2D eigenvalue weighted by atomic mass is 10.2. The minimum absolute atomic E-state index is 0.0899. The molecule has 5 nitrogen and oxygen atoms in total. The fraction of sp³-hybridized carbons (Fsp3) is 0.188. The molecule has 7 heteroatoms. The van der Waals surface area contributed by atoms with Gasteiger partial charge in [-0.3, -0.25) is 4.68 Å². The number of thiazole rings is 1. The van der Waals surface area contributed by atoms with E-state index in [9.17, 15) is 0 Å². The van der Waals surface area contributed by atoms with Crippen molar-refractivity contribution in [2.75, 3.05) is 0 Å². The molecule has 0 saturated heterocycles. The van der Waals surface area contributed by atoms with Crippen molar-refractivity contribution in [2.45, 2.75) is 13.0 Å². The van der Waals surface area contributed by atoms with Crippen LogP contribution in [-0.2, 0) is 7.05 Å². The molecular weight excluding hydrogens is 330 g/mol. The highest BCUT2D eigenvalue weighted by atomic mass is 35.5. The molecule has 3 aromatic heterocycles. The number of hydrogen-bond donors (Lipinski definition) is 0. The average molecular weight is 344 g/mol. The topological polar surface area (TPSA) is 48.5 Å². The SMILES string of the molecule is C[C@@H](c1nccs1)n1ccnc1-c1nn(C)c2cccc(Cl)c12. The summed E-state index contributed by atoms with van der Waals surface area (Å²) in [5.74, 6) is 0.798. The van der Waals surface area contributed by atoms with Crippen LogP contribution in [-0.4, -0.2) is 24.3 Å². The van der Waals surface area contributed by atoms with Crippen molar-refractivity contribution < 1.29 is 0 Å². The Bertz CT molecular complexity index is 970. The molecule has 0 radical (unpaired) electrons. The first-order valence-electron chi connectivity index (χ1n) is 7.20. The summed E-state index contributed by atoms with van der Waals surface area (Å²) in [4.78, 5) is 8.94. The van der Waals surface area contributed by atoms with E-state index in [1.165, 1.54) is 0 Å². The highest BCUT2D eigenvalue weighted by Crippen LogP contribution is 2.34. The van der Waals surface area contributed by atoms with E-state index in [4.69, 9.17) is 11.6 Å². The molecule has 1 aromatic carbocycles. The highest BCUT2D eigenvalue weighted by Gasteiger charge is 2.21. The van der Waals surface area contributed by atoms with Crippen LogP contribution in [0.4, 0.5) is 0 Å². The molecule has 0 spiro atoms. The summed E-state index contributed by atoms with van der Waals surface area (Å²) in [6.07, 6.45) is 5.57. The Morgan fingerprint density at radius 2 is 2.09 bits per heavy atom. The second-order valence-electron chi connectivity index (χ2n) is 5.31. The molecule has 4 rings (SSSR count). The maximum atomic E-state index is 6.42. The predicted molar refractivity (Wildman–Crippen MR) is 92.9 cm³/mol. The van der Waals surface area contributed by atoms with Crippen LogP contribution in [0.15, 0.2) is 42.2 Å². The molecule has 4 aromatic rings. The van der Waals surface area contributed by atoms with Gasteiger partial charge in [0.05, 0.1) is 16.6 Å². The Labute approximate surface area is 142 Å². The second kappa shape index (κ2) is 5.47. The van der Waals surface area contributed by atoms with E-state index in [-0.39, 0.29) is 6.04 Å². The van der Waals surface area contributed by atoms with Gasteiger partial charge in [0.25, 0.3) is 0 Å². The van der Waals surface area contributed by atoms with Gasteiger partial charge in [0, 0.05) is 36.4 Å². The van der Waals surface area contributed by atoms with Gasteiger partial charge >= 0.3 is 0 Å². The summed E-state index contributed by atoms with van der Waals surface area (Å²) >= 11 is 8.06. The van der Waals surface area contributed by atoms with Crippen molar-refractivity contribution in [3.8, 4) is 11.5 Å². The van der Waals surface area contributed by atoms with E-state index < -0.39 is 0 Å². The van der Waals surface area contributed by atoms with Crippen molar-refractivity contribution in [3.63, 3.8) is 0 Å². The Balaban J connectivity index is 1.92. The Morgan fingerprint density at radius 1 is 1.22 bits per heavy atom. The molecular formula is C16H14ClN5S. The molecule has 0 fully saturated rings. The Morgan fingerprint density at radius 3 is 2.87 bits per heavy atom. The molecule has 0 unspecified atom stereocenters. The normalized spacial score (nSPS) is 12.8. The van der Waals surface area contributed by atoms with E-state index in [1.807, 2.05) is 47.7 Å². The molecule has 0 amide bonds. The summed E-state index contributed by atoms with van der Waals surface area (Å²) < 4.78 is 3.92. The van der Waals surface area contributed by atoms with E-state index in [2.05, 4.69) is 26.6 Å². The van der Waals surface area contributed by atoms with Crippen molar-refractivity contribution in [1.82, 2.24) is 24.3 Å². The first-order chi connectivity index (χ1) is 11.2. The van der Waals surface area contributed by atoms with Gasteiger partial charge in [-0.1, -0.05) is 17.7 Å². The van der Waals surface area contributed by atoms with Gasteiger partial charge in [-0.2, -0.15) is 5.10 Å². The third-order valence-corrected chi connectivity index (χ3v) is 5.19. The number of rotatable bonds is 3. The van der Waals surface area contributed by atoms with Crippen molar-refractivity contribution in [1.29, 1.82) is 0 Å². The number of benzene rings is 1. The smallest absolute Gasteiger partial charge is 0.161 e. The van der Waals surface area contributed by atoms with Gasteiger partial charge in [0.15, 0.2) is 5.82 Å². The third kappa shape index (κ3) is 2.26. The lowest BCUT2D eigenvalue weighted by Crippen LogP contribution is -2.07. The molecule has 0 aliphatic heterocycles. The maximum absolute atomic E-state index is 6.42. The second-order valence-corrected chi connectivity index (χ2v) is 6.64. The maximum Gasteiger partial charge on any atom is 0.161 e. The van der Waals surface area contributed by atoms with Crippen LogP contribution in [0.25, 0.3) is 22.4 Å². The van der Waals surface area contributed by atoms with Crippen LogP contribution in [0.3, 0.4) is 0 Å².